The highest BCUT2D eigenvalue weighted by molar-refractivity contribution is 7.89. The normalized spacial score (nSPS) is 19.1. The molecular weight excluding hydrogens is 496 g/mol. The molecule has 1 aromatic carbocycles. The molecular formula is C26H42N4O6S. The number of nitrogens with one attached hydrogen (secondary N) is 2. The van der Waals surface area contributed by atoms with Gasteiger partial charge < -0.3 is 25.4 Å². The number of amides is 1. The molecule has 4 N–H and O–H groups in total. The van der Waals surface area contributed by atoms with Crippen molar-refractivity contribution >= 4 is 27.6 Å². The van der Waals surface area contributed by atoms with E-state index in [2.05, 4.69) is 17.0 Å². The molecule has 2 aliphatic rings. The van der Waals surface area contributed by atoms with Gasteiger partial charge in [-0.15, -0.1) is 0 Å². The van der Waals surface area contributed by atoms with Crippen LogP contribution in [0.2, 0.25) is 0 Å². The number of carbonyl (C=O) groups excluding carboxylic acids is 2. The Labute approximate surface area is 220 Å². The number of fused-ring (bicyclic) bond motifs is 1. The Morgan fingerprint density at radius 3 is 2.68 bits per heavy atom. The third kappa shape index (κ3) is 8.66. The minimum atomic E-state index is -3.99. The molecule has 1 aromatic rings. The first-order valence-corrected chi connectivity index (χ1v) is 14.8. The summed E-state index contributed by atoms with van der Waals surface area (Å²) in [6, 6.07) is 4.22. The van der Waals surface area contributed by atoms with Crippen molar-refractivity contribution in [3.63, 3.8) is 0 Å². The number of nitrogens with two attached hydrogens (primary N) is 1. The lowest BCUT2D eigenvalue weighted by molar-refractivity contribution is -0.141. The van der Waals surface area contributed by atoms with Crippen LogP contribution in [-0.2, 0) is 35.5 Å². The zero-order valence-electron chi connectivity index (χ0n) is 22.0. The molecule has 10 nitrogen and oxygen atoms in total. The highest BCUT2D eigenvalue weighted by atomic mass is 32.2. The number of nitrogens with zero attached hydrogens (tertiary/aromatic N) is 1. The Kier molecular flexibility index (Phi) is 11.2. The van der Waals surface area contributed by atoms with Gasteiger partial charge >= 0.3 is 5.97 Å². The molecule has 0 aromatic heterocycles. The van der Waals surface area contributed by atoms with Crippen LogP contribution < -0.4 is 15.8 Å². The molecule has 0 bridgehead atoms. The highest BCUT2D eigenvalue weighted by Crippen LogP contribution is 2.31. The predicted octanol–water partition coefficient (Wildman–Crippen LogP) is 1.88. The smallest absolute Gasteiger partial charge is 0.302 e. The maximum absolute atomic E-state index is 13.5. The van der Waals surface area contributed by atoms with Gasteiger partial charge in [0, 0.05) is 33.2 Å². The van der Waals surface area contributed by atoms with E-state index < -0.39 is 16.1 Å². The maximum atomic E-state index is 13.5. The first-order chi connectivity index (χ1) is 17.7. The summed E-state index contributed by atoms with van der Waals surface area (Å²) >= 11 is 0. The van der Waals surface area contributed by atoms with Gasteiger partial charge in [-0.1, -0.05) is 19.1 Å². The summed E-state index contributed by atoms with van der Waals surface area (Å²) in [6.07, 6.45) is 4.64. The van der Waals surface area contributed by atoms with Crippen LogP contribution in [0.3, 0.4) is 0 Å². The van der Waals surface area contributed by atoms with E-state index in [4.69, 9.17) is 15.2 Å². The first-order valence-electron chi connectivity index (χ1n) is 13.3. The number of rotatable bonds is 13. The summed E-state index contributed by atoms with van der Waals surface area (Å²) in [7, 11) is -3.99. The second-order valence-corrected chi connectivity index (χ2v) is 11.8. The molecule has 1 unspecified atom stereocenters. The van der Waals surface area contributed by atoms with Gasteiger partial charge in [0.25, 0.3) is 0 Å². The number of esters is 1. The molecule has 0 spiro atoms. The molecule has 11 heteroatoms. The Bertz CT molecular complexity index is 1010. The van der Waals surface area contributed by atoms with Crippen LogP contribution >= 0.6 is 0 Å². The van der Waals surface area contributed by atoms with Crippen LogP contribution in [-0.4, -0.2) is 77.2 Å². The van der Waals surface area contributed by atoms with E-state index in [-0.39, 0.29) is 23.4 Å². The van der Waals surface area contributed by atoms with Crippen LogP contribution in [0.4, 0.5) is 5.69 Å². The van der Waals surface area contributed by atoms with Crippen molar-refractivity contribution in [1.29, 1.82) is 0 Å². The second kappa shape index (κ2) is 14.1. The number of unbranched alkanes of at least 4 members (excludes halogenated alkanes) is 1. The van der Waals surface area contributed by atoms with Crippen molar-refractivity contribution in [2.45, 2.75) is 63.3 Å². The SMILES string of the molecule is CC(=O)OCCC1CCN(C(=O)[C@H](COCCCCN)NS(=O)(=O)c2cccc3c2NCC(C)C3)CC1. The zero-order chi connectivity index (χ0) is 26.8. The van der Waals surface area contributed by atoms with E-state index >= 15 is 0 Å². The van der Waals surface area contributed by atoms with Crippen molar-refractivity contribution < 1.29 is 27.5 Å². The minimum Gasteiger partial charge on any atom is -0.466 e. The van der Waals surface area contributed by atoms with Crippen LogP contribution in [0.25, 0.3) is 0 Å². The van der Waals surface area contributed by atoms with E-state index in [0.29, 0.717) is 56.9 Å². The molecule has 37 heavy (non-hydrogen) atoms. The number of para-hydroxylation sites is 1. The largest absolute Gasteiger partial charge is 0.466 e. The molecule has 0 aliphatic carbocycles. The zero-order valence-corrected chi connectivity index (χ0v) is 22.9. The van der Waals surface area contributed by atoms with Crippen LogP contribution in [0, 0.1) is 11.8 Å². The van der Waals surface area contributed by atoms with Crippen molar-refractivity contribution in [3.05, 3.63) is 23.8 Å². The topological polar surface area (TPSA) is 140 Å². The molecule has 0 saturated carbocycles. The summed E-state index contributed by atoms with van der Waals surface area (Å²) < 4.78 is 40.4. The third-order valence-corrected chi connectivity index (χ3v) is 8.49. The Hall–Kier alpha value is -2.21. The molecule has 1 saturated heterocycles. The number of hydrogen-bond donors (Lipinski definition) is 3. The Morgan fingerprint density at radius 1 is 1.22 bits per heavy atom. The fraction of sp³-hybridized carbons (Fsp3) is 0.692. The van der Waals surface area contributed by atoms with Gasteiger partial charge in [-0.05, 0) is 68.5 Å². The number of hydrogen-bond acceptors (Lipinski definition) is 8. The quantitative estimate of drug-likeness (QED) is 0.256. The van der Waals surface area contributed by atoms with Gasteiger partial charge in [-0.25, -0.2) is 8.42 Å². The number of likely N-dealkylation sites (tertiary alicyclic amines) is 1. The van der Waals surface area contributed by atoms with E-state index in [0.717, 1.165) is 44.1 Å². The van der Waals surface area contributed by atoms with Gasteiger partial charge in [0.2, 0.25) is 15.9 Å². The molecule has 1 fully saturated rings. The molecule has 0 radical (unpaired) electrons. The lowest BCUT2D eigenvalue weighted by Crippen LogP contribution is -2.52. The lowest BCUT2D eigenvalue weighted by Gasteiger charge is -2.34. The van der Waals surface area contributed by atoms with Crippen molar-refractivity contribution in [3.8, 4) is 0 Å². The first kappa shape index (κ1) is 29.3. The monoisotopic (exact) mass is 538 g/mol. The lowest BCUT2D eigenvalue weighted by atomic mass is 9.93. The summed E-state index contributed by atoms with van der Waals surface area (Å²) in [6.45, 7) is 6.53. The van der Waals surface area contributed by atoms with E-state index in [1.54, 1.807) is 17.0 Å². The summed E-state index contributed by atoms with van der Waals surface area (Å²) in [5.41, 5.74) is 7.11. The standard InChI is InChI=1S/C26H42N4O6S/c1-19-16-22-6-5-7-24(25(22)28-17-19)37(33,34)29-23(18-35-14-4-3-11-27)26(32)30-12-8-21(9-13-30)10-15-36-20(2)31/h5-7,19,21,23,28-29H,3-4,8-18,27H2,1-2H3/t19?,23-/m0/s1. The average molecular weight is 539 g/mol. The Morgan fingerprint density at radius 2 is 1.97 bits per heavy atom. The number of carbonyl (C=O) groups is 2. The van der Waals surface area contributed by atoms with Gasteiger partial charge in [0.1, 0.15) is 10.9 Å². The van der Waals surface area contributed by atoms with Gasteiger partial charge in [-0.2, -0.15) is 4.72 Å². The third-order valence-electron chi connectivity index (χ3n) is 6.98. The molecule has 2 heterocycles. The van der Waals surface area contributed by atoms with E-state index in [9.17, 15) is 18.0 Å². The number of sulfonamides is 1. The maximum Gasteiger partial charge on any atom is 0.302 e. The fourth-order valence-electron chi connectivity index (χ4n) is 4.88. The molecule has 3 rings (SSSR count). The van der Waals surface area contributed by atoms with E-state index in [1.165, 1.54) is 6.92 Å². The average Bonchev–Trinajstić information content (AvgIpc) is 2.87. The highest BCUT2D eigenvalue weighted by Gasteiger charge is 2.33. The molecule has 2 aliphatic heterocycles. The van der Waals surface area contributed by atoms with Crippen molar-refractivity contribution in [2.75, 3.05) is 51.3 Å². The summed E-state index contributed by atoms with van der Waals surface area (Å²) in [5, 5.41) is 3.26. The summed E-state index contributed by atoms with van der Waals surface area (Å²) in [4.78, 5) is 26.3. The minimum absolute atomic E-state index is 0.0471. The second-order valence-electron chi connectivity index (χ2n) is 10.1. The van der Waals surface area contributed by atoms with Crippen LogP contribution in [0.1, 0.15) is 51.5 Å². The van der Waals surface area contributed by atoms with Crippen molar-refractivity contribution in [2.24, 2.45) is 17.6 Å². The van der Waals surface area contributed by atoms with Crippen LogP contribution in [0.15, 0.2) is 23.1 Å². The molecule has 1 amide bonds. The van der Waals surface area contributed by atoms with Crippen molar-refractivity contribution in [1.82, 2.24) is 9.62 Å². The number of benzene rings is 1. The summed E-state index contributed by atoms with van der Waals surface area (Å²) in [5.74, 6) is 0.188. The molecule has 2 atom stereocenters. The van der Waals surface area contributed by atoms with Crippen LogP contribution in [0.5, 0.6) is 0 Å². The number of ether oxygens (including phenoxy) is 2. The van der Waals surface area contributed by atoms with E-state index in [1.807, 2.05) is 6.07 Å². The van der Waals surface area contributed by atoms with Gasteiger partial charge in [0.05, 0.1) is 18.9 Å². The fourth-order valence-corrected chi connectivity index (χ4v) is 6.28. The Balaban J connectivity index is 1.68. The van der Waals surface area contributed by atoms with Gasteiger partial charge in [-0.3, -0.25) is 9.59 Å². The predicted molar refractivity (Wildman–Crippen MR) is 142 cm³/mol. The number of piperidine rings is 1. The number of anilines is 1. The molecule has 208 valence electrons. The van der Waals surface area contributed by atoms with Gasteiger partial charge in [0.15, 0.2) is 0 Å².